The standard InChI is InChI=1S/C43H46N8O7/c1-24(2)58-36-20-31-28(19-34(36)46-39(53)33-21-45-50-15-3-14-44-38(33)50)23-49(41(31)55)29-7-4-25(5-8-29)22-48-16-12-26(13-17-48)27-6-9-30-32(18-27)43(57)51(42(30)56)35-10-11-37(52)47-40(35)54/h3,6,9,14-15,18-21,24-26,29,35H,4-5,7-8,10-13,16-17,22-23H2,1-2H3,(H,46,53)(H,47,52,54). The van der Waals surface area contributed by atoms with Gasteiger partial charge in [-0.1, -0.05) is 6.07 Å². The number of ether oxygens (including phenoxy) is 1. The molecule has 1 saturated carbocycles. The molecular formula is C43H46N8O7. The number of likely N-dealkylation sites (tertiary alicyclic amines) is 1. The number of amides is 6. The zero-order valence-electron chi connectivity index (χ0n) is 32.6. The predicted molar refractivity (Wildman–Crippen MR) is 210 cm³/mol. The molecule has 9 rings (SSSR count). The van der Waals surface area contributed by atoms with Crippen LogP contribution in [0.3, 0.4) is 0 Å². The van der Waals surface area contributed by atoms with Crippen molar-refractivity contribution in [3.63, 3.8) is 0 Å². The molecule has 2 saturated heterocycles. The first-order chi connectivity index (χ1) is 28.0. The van der Waals surface area contributed by atoms with Gasteiger partial charge in [0.1, 0.15) is 17.4 Å². The van der Waals surface area contributed by atoms with Gasteiger partial charge in [-0.05, 0) is 125 Å². The Hall–Kier alpha value is -5.96. The Morgan fingerprint density at radius 3 is 2.45 bits per heavy atom. The lowest BCUT2D eigenvalue weighted by atomic mass is 9.83. The average molecular weight is 787 g/mol. The molecule has 58 heavy (non-hydrogen) atoms. The van der Waals surface area contributed by atoms with E-state index in [1.54, 1.807) is 35.1 Å². The summed E-state index contributed by atoms with van der Waals surface area (Å²) in [5.41, 5.74) is 4.45. The first-order valence-corrected chi connectivity index (χ1v) is 20.3. The zero-order valence-corrected chi connectivity index (χ0v) is 32.6. The minimum absolute atomic E-state index is 0.000125. The van der Waals surface area contributed by atoms with E-state index in [2.05, 4.69) is 25.6 Å². The van der Waals surface area contributed by atoms with E-state index in [-0.39, 0.29) is 42.7 Å². The summed E-state index contributed by atoms with van der Waals surface area (Å²) in [7, 11) is 0. The highest BCUT2D eigenvalue weighted by molar-refractivity contribution is 6.23. The van der Waals surface area contributed by atoms with Gasteiger partial charge in [0.25, 0.3) is 23.6 Å². The van der Waals surface area contributed by atoms with Crippen LogP contribution in [0.1, 0.15) is 124 Å². The van der Waals surface area contributed by atoms with Crippen LogP contribution in [0.5, 0.6) is 5.75 Å². The molecule has 1 unspecified atom stereocenters. The van der Waals surface area contributed by atoms with E-state index in [4.69, 9.17) is 4.74 Å². The second-order valence-corrected chi connectivity index (χ2v) is 16.5. The van der Waals surface area contributed by atoms with E-state index in [1.807, 2.05) is 36.9 Å². The van der Waals surface area contributed by atoms with Gasteiger partial charge in [-0.3, -0.25) is 39.0 Å². The Balaban J connectivity index is 0.785. The summed E-state index contributed by atoms with van der Waals surface area (Å²) in [4.78, 5) is 87.7. The van der Waals surface area contributed by atoms with Crippen LogP contribution in [0.2, 0.25) is 0 Å². The molecule has 2 aromatic heterocycles. The van der Waals surface area contributed by atoms with Gasteiger partial charge >= 0.3 is 0 Å². The molecule has 3 fully saturated rings. The summed E-state index contributed by atoms with van der Waals surface area (Å²) in [6.07, 6.45) is 10.7. The lowest BCUT2D eigenvalue weighted by Crippen LogP contribution is -2.54. The third-order valence-corrected chi connectivity index (χ3v) is 12.5. The normalized spacial score (nSPS) is 22.8. The molecule has 4 aromatic rings. The van der Waals surface area contributed by atoms with Crippen LogP contribution in [-0.2, 0) is 16.1 Å². The van der Waals surface area contributed by atoms with Crippen molar-refractivity contribution in [2.45, 2.75) is 95.9 Å². The molecule has 4 aliphatic heterocycles. The molecule has 1 atom stereocenters. The number of hydrogen-bond donors (Lipinski definition) is 2. The van der Waals surface area contributed by atoms with E-state index in [1.165, 1.54) is 6.20 Å². The third-order valence-electron chi connectivity index (χ3n) is 12.5. The van der Waals surface area contributed by atoms with Gasteiger partial charge in [-0.15, -0.1) is 0 Å². The van der Waals surface area contributed by atoms with Gasteiger partial charge in [0, 0.05) is 43.5 Å². The van der Waals surface area contributed by atoms with Crippen molar-refractivity contribution in [3.05, 3.63) is 88.4 Å². The summed E-state index contributed by atoms with van der Waals surface area (Å²) in [5, 5.41) is 9.48. The van der Waals surface area contributed by atoms with Gasteiger partial charge in [0.15, 0.2) is 5.65 Å². The van der Waals surface area contributed by atoms with E-state index < -0.39 is 29.7 Å². The smallest absolute Gasteiger partial charge is 0.262 e. The van der Waals surface area contributed by atoms with Crippen molar-refractivity contribution in [1.29, 1.82) is 0 Å². The molecule has 15 nitrogen and oxygen atoms in total. The van der Waals surface area contributed by atoms with Crippen molar-refractivity contribution in [3.8, 4) is 5.75 Å². The Morgan fingerprint density at radius 2 is 1.69 bits per heavy atom. The highest BCUT2D eigenvalue weighted by Gasteiger charge is 2.45. The molecule has 6 heterocycles. The number of rotatable bonds is 9. The van der Waals surface area contributed by atoms with Gasteiger partial charge < -0.3 is 19.9 Å². The highest BCUT2D eigenvalue weighted by atomic mass is 16.5. The van der Waals surface area contributed by atoms with Crippen molar-refractivity contribution >= 4 is 46.8 Å². The number of carbonyl (C=O) groups is 6. The number of benzene rings is 2. The number of anilines is 1. The van der Waals surface area contributed by atoms with Crippen molar-refractivity contribution in [2.24, 2.45) is 5.92 Å². The van der Waals surface area contributed by atoms with E-state index in [0.29, 0.717) is 51.8 Å². The number of piperidine rings is 2. The monoisotopic (exact) mass is 786 g/mol. The molecule has 2 N–H and O–H groups in total. The second kappa shape index (κ2) is 15.1. The Labute approximate surface area is 335 Å². The summed E-state index contributed by atoms with van der Waals surface area (Å²) in [6, 6.07) is 10.0. The van der Waals surface area contributed by atoms with Crippen LogP contribution < -0.4 is 15.4 Å². The number of aromatic nitrogens is 3. The Kier molecular flexibility index (Phi) is 9.78. The molecular weight excluding hydrogens is 741 g/mol. The van der Waals surface area contributed by atoms with Crippen LogP contribution in [0.15, 0.2) is 55.0 Å². The number of imide groups is 2. The number of nitrogens with one attached hydrogen (secondary N) is 2. The quantitative estimate of drug-likeness (QED) is 0.229. The maximum absolute atomic E-state index is 13.8. The van der Waals surface area contributed by atoms with Crippen LogP contribution in [0.25, 0.3) is 5.65 Å². The van der Waals surface area contributed by atoms with Crippen LogP contribution in [-0.4, -0.2) is 103 Å². The first kappa shape index (κ1) is 37.6. The minimum atomic E-state index is -0.972. The maximum Gasteiger partial charge on any atom is 0.262 e. The summed E-state index contributed by atoms with van der Waals surface area (Å²) in [6.45, 7) is 7.18. The van der Waals surface area contributed by atoms with Gasteiger partial charge in [-0.2, -0.15) is 5.10 Å². The van der Waals surface area contributed by atoms with Crippen LogP contribution in [0, 0.1) is 5.92 Å². The van der Waals surface area contributed by atoms with E-state index in [0.717, 1.165) is 74.2 Å². The van der Waals surface area contributed by atoms with Crippen LogP contribution in [0.4, 0.5) is 5.69 Å². The summed E-state index contributed by atoms with van der Waals surface area (Å²) < 4.78 is 7.65. The molecule has 0 spiro atoms. The summed E-state index contributed by atoms with van der Waals surface area (Å²) in [5.74, 6) is -1.06. The fourth-order valence-corrected chi connectivity index (χ4v) is 9.48. The van der Waals surface area contributed by atoms with Crippen molar-refractivity contribution in [2.75, 3.05) is 25.0 Å². The fraction of sp³-hybridized carbons (Fsp3) is 0.442. The lowest BCUT2D eigenvalue weighted by molar-refractivity contribution is -0.136. The van der Waals surface area contributed by atoms with E-state index in [9.17, 15) is 28.8 Å². The largest absolute Gasteiger partial charge is 0.489 e. The predicted octanol–water partition coefficient (Wildman–Crippen LogP) is 4.56. The maximum atomic E-state index is 13.8. The molecule has 0 bridgehead atoms. The molecule has 0 radical (unpaired) electrons. The number of fused-ring (bicyclic) bond motifs is 3. The van der Waals surface area contributed by atoms with Crippen molar-refractivity contribution < 1.29 is 33.5 Å². The number of carbonyl (C=O) groups excluding carboxylic acids is 6. The van der Waals surface area contributed by atoms with Gasteiger partial charge in [-0.25, -0.2) is 9.50 Å². The molecule has 5 aliphatic rings. The second-order valence-electron chi connectivity index (χ2n) is 16.5. The SMILES string of the molecule is CC(C)Oc1cc2c(cc1NC(=O)c1cnn3cccnc13)CN(C1CCC(CN3CCC(c4ccc5c(c4)C(=O)N(C4CCC(=O)NC4=O)C5=O)CC3)CC1)C2=O. The highest BCUT2D eigenvalue weighted by Crippen LogP contribution is 2.39. The molecule has 300 valence electrons. The Morgan fingerprint density at radius 1 is 0.914 bits per heavy atom. The minimum Gasteiger partial charge on any atom is -0.489 e. The van der Waals surface area contributed by atoms with E-state index >= 15 is 0 Å². The number of nitrogens with zero attached hydrogens (tertiary/aromatic N) is 6. The number of hydrogen-bond acceptors (Lipinski definition) is 10. The fourth-order valence-electron chi connectivity index (χ4n) is 9.48. The topological polar surface area (TPSA) is 176 Å². The van der Waals surface area contributed by atoms with Gasteiger partial charge in [0.2, 0.25) is 11.8 Å². The van der Waals surface area contributed by atoms with Crippen molar-refractivity contribution in [1.82, 2.24) is 34.6 Å². The van der Waals surface area contributed by atoms with Gasteiger partial charge in [0.05, 0.1) is 29.1 Å². The first-order valence-electron chi connectivity index (χ1n) is 20.3. The van der Waals surface area contributed by atoms with Crippen LogP contribution >= 0.6 is 0 Å². The lowest BCUT2D eigenvalue weighted by Gasteiger charge is -2.38. The Bertz CT molecular complexity index is 2360. The third kappa shape index (κ3) is 6.90. The molecule has 6 amide bonds. The average Bonchev–Trinajstić information content (AvgIpc) is 3.86. The zero-order chi connectivity index (χ0) is 40.2. The molecule has 15 heteroatoms. The molecule has 2 aromatic carbocycles. The summed E-state index contributed by atoms with van der Waals surface area (Å²) >= 11 is 0. The molecule has 1 aliphatic carbocycles.